The van der Waals surface area contributed by atoms with E-state index in [0.29, 0.717) is 5.56 Å². The van der Waals surface area contributed by atoms with Gasteiger partial charge in [0, 0.05) is 23.1 Å². The van der Waals surface area contributed by atoms with Gasteiger partial charge in [-0.25, -0.2) is 0 Å². The lowest BCUT2D eigenvalue weighted by Gasteiger charge is -2.31. The standard InChI is InChI=1S/C25H22N4O3/c1-24(2,3)23(30)21-20(17-8-10-18(11-9-17)29(31)32)25(14-26,15-27)22-19-7-5-4-6-16(19)12-13-28(21)22/h4-13,20-22H,1-3H3/p+1/t20-,21+,22-/m0/s1. The normalized spacial score (nSPS) is 25.2. The minimum atomic E-state index is -1.53. The van der Waals surface area contributed by atoms with Gasteiger partial charge in [0.1, 0.15) is 0 Å². The molecule has 1 unspecified atom stereocenters. The summed E-state index contributed by atoms with van der Waals surface area (Å²) >= 11 is 0. The maximum atomic E-state index is 13.7. The van der Waals surface area contributed by atoms with Gasteiger partial charge in [0.2, 0.25) is 5.41 Å². The minimum Gasteiger partial charge on any atom is -0.292 e. The fraction of sp³-hybridized carbons (Fsp3) is 0.320. The summed E-state index contributed by atoms with van der Waals surface area (Å²) < 4.78 is 0. The molecule has 4 rings (SSSR count). The Morgan fingerprint density at radius 3 is 2.28 bits per heavy atom. The van der Waals surface area contributed by atoms with Gasteiger partial charge in [-0.05, 0) is 17.2 Å². The van der Waals surface area contributed by atoms with Gasteiger partial charge < -0.3 is 0 Å². The lowest BCUT2D eigenvalue weighted by Crippen LogP contribution is -3.12. The van der Waals surface area contributed by atoms with Crippen molar-refractivity contribution in [2.24, 2.45) is 10.8 Å². The first-order valence-corrected chi connectivity index (χ1v) is 10.4. The molecular formula is C25H23N4O3+. The van der Waals surface area contributed by atoms with Gasteiger partial charge in [-0.15, -0.1) is 0 Å². The molecule has 1 saturated heterocycles. The average molecular weight is 427 g/mol. The Labute approximate surface area is 186 Å². The number of hydrogen-bond donors (Lipinski definition) is 1. The van der Waals surface area contributed by atoms with Crippen molar-refractivity contribution in [1.29, 1.82) is 10.5 Å². The topological polar surface area (TPSA) is 112 Å². The summed E-state index contributed by atoms with van der Waals surface area (Å²) in [7, 11) is 0. The largest absolute Gasteiger partial charge is 0.292 e. The van der Waals surface area contributed by atoms with E-state index >= 15 is 0 Å². The van der Waals surface area contributed by atoms with Crippen LogP contribution in [0.15, 0.2) is 54.7 Å². The summed E-state index contributed by atoms with van der Waals surface area (Å²) in [6.45, 7) is 5.49. The zero-order valence-electron chi connectivity index (χ0n) is 18.1. The van der Waals surface area contributed by atoms with Gasteiger partial charge in [-0.2, -0.15) is 10.5 Å². The maximum absolute atomic E-state index is 13.7. The van der Waals surface area contributed by atoms with E-state index in [4.69, 9.17) is 0 Å². The molecule has 0 aliphatic carbocycles. The highest BCUT2D eigenvalue weighted by Gasteiger charge is 2.68. The second-order valence-corrected chi connectivity index (χ2v) is 9.41. The van der Waals surface area contributed by atoms with E-state index in [-0.39, 0.29) is 11.5 Å². The van der Waals surface area contributed by atoms with E-state index in [0.717, 1.165) is 16.0 Å². The van der Waals surface area contributed by atoms with Gasteiger partial charge in [0.05, 0.1) is 29.2 Å². The van der Waals surface area contributed by atoms with Crippen LogP contribution in [-0.2, 0) is 4.79 Å². The Bertz CT molecular complexity index is 1200. The van der Waals surface area contributed by atoms with Crippen LogP contribution in [0.4, 0.5) is 5.69 Å². The first kappa shape index (κ1) is 21.4. The van der Waals surface area contributed by atoms with Crippen LogP contribution in [0.3, 0.4) is 0 Å². The molecule has 0 aromatic heterocycles. The maximum Gasteiger partial charge on any atom is 0.269 e. The summed E-state index contributed by atoms with van der Waals surface area (Å²) in [6.07, 6.45) is 3.82. The Morgan fingerprint density at radius 2 is 1.72 bits per heavy atom. The van der Waals surface area contributed by atoms with Crippen LogP contribution in [0, 0.1) is 43.6 Å². The summed E-state index contributed by atoms with van der Waals surface area (Å²) in [4.78, 5) is 25.1. The number of fused-ring (bicyclic) bond motifs is 3. The van der Waals surface area contributed by atoms with E-state index in [9.17, 15) is 25.4 Å². The number of quaternary nitrogens is 1. The minimum absolute atomic E-state index is 0.0581. The number of carbonyl (C=O) groups is 1. The number of non-ortho nitro benzene ring substituents is 1. The predicted octanol–water partition coefficient (Wildman–Crippen LogP) is 3.32. The third-order valence-corrected chi connectivity index (χ3v) is 6.59. The summed E-state index contributed by atoms with van der Waals surface area (Å²) in [5.74, 6) is -0.807. The molecule has 0 amide bonds. The van der Waals surface area contributed by atoms with E-state index in [1.165, 1.54) is 12.1 Å². The SMILES string of the molecule is CC(C)(C)C(=O)[C@H]1[C@H](c2ccc([N+](=O)[O-])cc2)C(C#N)(C#N)[C@@H]2c3ccccc3C=C[NH+]21. The van der Waals surface area contributed by atoms with Gasteiger partial charge in [-0.1, -0.05) is 57.2 Å². The van der Waals surface area contributed by atoms with Crippen LogP contribution < -0.4 is 4.90 Å². The van der Waals surface area contributed by atoms with Crippen LogP contribution in [0.1, 0.15) is 49.4 Å². The number of hydrogen-bond acceptors (Lipinski definition) is 5. The molecule has 160 valence electrons. The molecule has 2 aromatic rings. The lowest BCUT2D eigenvalue weighted by molar-refractivity contribution is -0.885. The fourth-order valence-corrected chi connectivity index (χ4v) is 5.13. The predicted molar refractivity (Wildman–Crippen MR) is 117 cm³/mol. The van der Waals surface area contributed by atoms with Crippen LogP contribution in [0.2, 0.25) is 0 Å². The number of nitro groups is 1. The molecule has 7 heteroatoms. The van der Waals surface area contributed by atoms with Crippen LogP contribution in [0.25, 0.3) is 6.08 Å². The van der Waals surface area contributed by atoms with Crippen molar-refractivity contribution < 1.29 is 14.6 Å². The fourth-order valence-electron chi connectivity index (χ4n) is 5.13. The van der Waals surface area contributed by atoms with Crippen molar-refractivity contribution in [2.45, 2.75) is 38.8 Å². The number of nitrogens with one attached hydrogen (secondary N) is 1. The van der Waals surface area contributed by atoms with E-state index in [2.05, 4.69) is 12.1 Å². The molecular weight excluding hydrogens is 404 g/mol. The van der Waals surface area contributed by atoms with Crippen molar-refractivity contribution in [1.82, 2.24) is 0 Å². The van der Waals surface area contributed by atoms with Crippen molar-refractivity contribution in [2.75, 3.05) is 0 Å². The van der Waals surface area contributed by atoms with Crippen LogP contribution in [0.5, 0.6) is 0 Å². The number of nitriles is 2. The number of carbonyl (C=O) groups excluding carboxylic acids is 1. The molecule has 2 aliphatic heterocycles. The third-order valence-electron chi connectivity index (χ3n) is 6.59. The van der Waals surface area contributed by atoms with Crippen molar-refractivity contribution in [3.05, 3.63) is 81.5 Å². The third kappa shape index (κ3) is 3.02. The van der Waals surface area contributed by atoms with Crippen molar-refractivity contribution in [3.63, 3.8) is 0 Å². The van der Waals surface area contributed by atoms with Gasteiger partial charge in [0.25, 0.3) is 5.69 Å². The van der Waals surface area contributed by atoms with Gasteiger partial charge in [-0.3, -0.25) is 19.8 Å². The molecule has 2 aliphatic rings. The first-order chi connectivity index (χ1) is 15.2. The molecule has 0 saturated carbocycles. The molecule has 4 atom stereocenters. The molecule has 2 aromatic carbocycles. The number of nitrogens with zero attached hydrogens (tertiary/aromatic N) is 3. The molecule has 7 nitrogen and oxygen atoms in total. The average Bonchev–Trinajstić information content (AvgIpc) is 3.08. The van der Waals surface area contributed by atoms with E-state index in [1.54, 1.807) is 12.1 Å². The summed E-state index contributed by atoms with van der Waals surface area (Å²) in [6, 6.07) is 16.8. The molecule has 1 N–H and O–H groups in total. The number of rotatable bonds is 3. The van der Waals surface area contributed by atoms with E-state index < -0.39 is 33.8 Å². The van der Waals surface area contributed by atoms with E-state index in [1.807, 2.05) is 57.3 Å². The van der Waals surface area contributed by atoms with Gasteiger partial charge in [0.15, 0.2) is 17.9 Å². The smallest absolute Gasteiger partial charge is 0.269 e. The summed E-state index contributed by atoms with van der Waals surface area (Å²) in [5, 5.41) is 32.0. The summed E-state index contributed by atoms with van der Waals surface area (Å²) in [5.41, 5.74) is 0.0336. The highest BCUT2D eigenvalue weighted by Crippen LogP contribution is 2.52. The number of Topliss-reactive ketones (excluding diaryl/α,β-unsaturated/α-hetero) is 1. The highest BCUT2D eigenvalue weighted by molar-refractivity contribution is 5.89. The molecule has 0 radical (unpaired) electrons. The van der Waals surface area contributed by atoms with Crippen LogP contribution >= 0.6 is 0 Å². The zero-order chi connectivity index (χ0) is 23.3. The monoisotopic (exact) mass is 427 g/mol. The molecule has 2 heterocycles. The number of benzene rings is 2. The Morgan fingerprint density at radius 1 is 1.09 bits per heavy atom. The van der Waals surface area contributed by atoms with Crippen LogP contribution in [-0.4, -0.2) is 16.7 Å². The highest BCUT2D eigenvalue weighted by atomic mass is 16.6. The van der Waals surface area contributed by atoms with Crippen molar-refractivity contribution >= 4 is 17.5 Å². The molecule has 1 fully saturated rings. The van der Waals surface area contributed by atoms with Crippen molar-refractivity contribution in [3.8, 4) is 12.1 Å². The lowest BCUT2D eigenvalue weighted by atomic mass is 9.66. The second-order valence-electron chi connectivity index (χ2n) is 9.41. The molecule has 0 bridgehead atoms. The van der Waals surface area contributed by atoms with Gasteiger partial charge >= 0.3 is 0 Å². The Kier molecular flexibility index (Phi) is 4.96. The second kappa shape index (κ2) is 7.40. The Hall–Kier alpha value is -3.81. The molecule has 32 heavy (non-hydrogen) atoms. The first-order valence-electron chi connectivity index (χ1n) is 10.4. The zero-order valence-corrected chi connectivity index (χ0v) is 18.1. The molecule has 0 spiro atoms. The quantitative estimate of drug-likeness (QED) is 0.596. The Balaban J connectivity index is 1.99. The number of ketones is 1. The number of nitro benzene ring substituents is 1.